The molecule has 1 amide bonds. The summed E-state index contributed by atoms with van der Waals surface area (Å²) in [5.41, 5.74) is 7.49. The molecule has 2 atom stereocenters. The minimum Gasteiger partial charge on any atom is -0.399 e. The maximum absolute atomic E-state index is 12.4. The first kappa shape index (κ1) is 12.5. The first-order valence-corrected chi connectivity index (χ1v) is 7.38. The van der Waals surface area contributed by atoms with E-state index in [1.54, 1.807) is 0 Å². The molecule has 1 heterocycles. The van der Waals surface area contributed by atoms with Crippen LogP contribution in [0.5, 0.6) is 0 Å². The standard InChI is InChI=1S/C16H22N2O/c17-14-7-5-12(6-8-14)11-16(19)18-10-9-13-3-1-2-4-15(13)18/h5-8,13,15H,1-4,9-11,17H2. The van der Waals surface area contributed by atoms with Crippen molar-refractivity contribution < 1.29 is 4.79 Å². The first-order valence-electron chi connectivity index (χ1n) is 7.38. The van der Waals surface area contributed by atoms with Crippen molar-refractivity contribution in [2.24, 2.45) is 5.92 Å². The number of carbonyl (C=O) groups is 1. The largest absolute Gasteiger partial charge is 0.399 e. The number of benzene rings is 1. The Kier molecular flexibility index (Phi) is 3.45. The zero-order valence-electron chi connectivity index (χ0n) is 11.3. The van der Waals surface area contributed by atoms with E-state index in [2.05, 4.69) is 4.90 Å². The Labute approximate surface area is 114 Å². The second-order valence-electron chi connectivity index (χ2n) is 5.91. The molecule has 19 heavy (non-hydrogen) atoms. The van der Waals surface area contributed by atoms with Gasteiger partial charge in [0.2, 0.25) is 5.91 Å². The summed E-state index contributed by atoms with van der Waals surface area (Å²) in [6.07, 6.45) is 6.88. The van der Waals surface area contributed by atoms with E-state index in [-0.39, 0.29) is 0 Å². The van der Waals surface area contributed by atoms with Gasteiger partial charge in [-0.1, -0.05) is 25.0 Å². The van der Waals surface area contributed by atoms with E-state index < -0.39 is 0 Å². The molecule has 2 N–H and O–H groups in total. The Morgan fingerprint density at radius 3 is 2.68 bits per heavy atom. The van der Waals surface area contributed by atoms with Gasteiger partial charge in [-0.3, -0.25) is 4.79 Å². The maximum atomic E-state index is 12.4. The Balaban J connectivity index is 1.65. The van der Waals surface area contributed by atoms with Crippen LogP contribution >= 0.6 is 0 Å². The second-order valence-corrected chi connectivity index (χ2v) is 5.91. The fraction of sp³-hybridized carbons (Fsp3) is 0.562. The van der Waals surface area contributed by atoms with Crippen molar-refractivity contribution in [1.29, 1.82) is 0 Å². The van der Waals surface area contributed by atoms with Gasteiger partial charge in [0.15, 0.2) is 0 Å². The summed E-state index contributed by atoms with van der Waals surface area (Å²) in [6.45, 7) is 0.961. The van der Waals surface area contributed by atoms with E-state index >= 15 is 0 Å². The van der Waals surface area contributed by atoms with Crippen LogP contribution in [0, 0.1) is 5.92 Å². The summed E-state index contributed by atoms with van der Waals surface area (Å²) in [6, 6.07) is 8.19. The first-order chi connectivity index (χ1) is 9.24. The summed E-state index contributed by atoms with van der Waals surface area (Å²) >= 11 is 0. The van der Waals surface area contributed by atoms with E-state index in [0.717, 1.165) is 23.7 Å². The monoisotopic (exact) mass is 258 g/mol. The number of nitrogens with two attached hydrogens (primary N) is 1. The average Bonchev–Trinajstić information content (AvgIpc) is 2.85. The van der Waals surface area contributed by atoms with Crippen LogP contribution in [0.2, 0.25) is 0 Å². The fourth-order valence-corrected chi connectivity index (χ4v) is 3.63. The van der Waals surface area contributed by atoms with Crippen molar-refractivity contribution in [1.82, 2.24) is 4.90 Å². The van der Waals surface area contributed by atoms with E-state index in [4.69, 9.17) is 5.73 Å². The molecule has 2 fully saturated rings. The molecule has 0 bridgehead atoms. The molecule has 1 aliphatic carbocycles. The number of carbonyl (C=O) groups excluding carboxylic acids is 1. The molecule has 2 aliphatic rings. The zero-order valence-corrected chi connectivity index (χ0v) is 11.3. The van der Waals surface area contributed by atoms with Gasteiger partial charge in [-0.05, 0) is 42.9 Å². The lowest BCUT2D eigenvalue weighted by atomic mass is 9.85. The van der Waals surface area contributed by atoms with Crippen LogP contribution in [0.3, 0.4) is 0 Å². The van der Waals surface area contributed by atoms with Gasteiger partial charge in [-0.15, -0.1) is 0 Å². The summed E-state index contributed by atoms with van der Waals surface area (Å²) < 4.78 is 0. The highest BCUT2D eigenvalue weighted by molar-refractivity contribution is 5.79. The SMILES string of the molecule is Nc1ccc(CC(=O)N2CCC3CCCCC32)cc1. The van der Waals surface area contributed by atoms with E-state index in [9.17, 15) is 4.79 Å². The quantitative estimate of drug-likeness (QED) is 0.829. The van der Waals surface area contributed by atoms with Crippen LogP contribution in [0.15, 0.2) is 24.3 Å². The molecule has 0 aromatic heterocycles. The van der Waals surface area contributed by atoms with E-state index in [1.165, 1.54) is 32.1 Å². The number of hydrogen-bond donors (Lipinski definition) is 1. The molecule has 1 aromatic rings. The predicted octanol–water partition coefficient (Wildman–Crippen LogP) is 2.60. The van der Waals surface area contributed by atoms with Crippen molar-refractivity contribution >= 4 is 11.6 Å². The molecular formula is C16H22N2O. The van der Waals surface area contributed by atoms with Crippen molar-refractivity contribution in [3.8, 4) is 0 Å². The number of nitrogen functional groups attached to an aromatic ring is 1. The van der Waals surface area contributed by atoms with Gasteiger partial charge in [0, 0.05) is 18.3 Å². The normalized spacial score (nSPS) is 26.2. The molecule has 2 unspecified atom stereocenters. The molecule has 1 saturated carbocycles. The number of amides is 1. The molecule has 1 saturated heterocycles. The highest BCUT2D eigenvalue weighted by Crippen LogP contribution is 2.36. The van der Waals surface area contributed by atoms with Gasteiger partial charge in [-0.2, -0.15) is 0 Å². The average molecular weight is 258 g/mol. The molecule has 1 aliphatic heterocycles. The van der Waals surface area contributed by atoms with Crippen LogP contribution in [0.25, 0.3) is 0 Å². The molecule has 0 spiro atoms. The van der Waals surface area contributed by atoms with Crippen LogP contribution in [0.4, 0.5) is 5.69 Å². The van der Waals surface area contributed by atoms with E-state index in [1.807, 2.05) is 24.3 Å². The van der Waals surface area contributed by atoms with E-state index in [0.29, 0.717) is 18.4 Å². The minimum absolute atomic E-state index is 0.291. The summed E-state index contributed by atoms with van der Waals surface area (Å²) in [7, 11) is 0. The summed E-state index contributed by atoms with van der Waals surface area (Å²) in [5, 5.41) is 0. The van der Waals surface area contributed by atoms with Crippen molar-refractivity contribution in [3.05, 3.63) is 29.8 Å². The van der Waals surface area contributed by atoms with Crippen LogP contribution < -0.4 is 5.73 Å². The van der Waals surface area contributed by atoms with Gasteiger partial charge >= 0.3 is 0 Å². The van der Waals surface area contributed by atoms with Crippen LogP contribution in [-0.4, -0.2) is 23.4 Å². The number of fused-ring (bicyclic) bond motifs is 1. The lowest BCUT2D eigenvalue weighted by Crippen LogP contribution is -2.40. The fourth-order valence-electron chi connectivity index (χ4n) is 3.63. The molecule has 3 rings (SSSR count). The molecule has 3 nitrogen and oxygen atoms in total. The predicted molar refractivity (Wildman–Crippen MR) is 76.6 cm³/mol. The van der Waals surface area contributed by atoms with Gasteiger partial charge in [0.25, 0.3) is 0 Å². The molecule has 102 valence electrons. The van der Waals surface area contributed by atoms with Crippen molar-refractivity contribution in [3.63, 3.8) is 0 Å². The zero-order chi connectivity index (χ0) is 13.2. The molecular weight excluding hydrogens is 236 g/mol. The van der Waals surface area contributed by atoms with Crippen molar-refractivity contribution in [2.45, 2.75) is 44.6 Å². The van der Waals surface area contributed by atoms with Gasteiger partial charge < -0.3 is 10.6 Å². The second kappa shape index (κ2) is 5.24. The third-order valence-electron chi connectivity index (χ3n) is 4.67. The van der Waals surface area contributed by atoms with Gasteiger partial charge in [-0.25, -0.2) is 0 Å². The third-order valence-corrected chi connectivity index (χ3v) is 4.67. The van der Waals surface area contributed by atoms with Crippen LogP contribution in [0.1, 0.15) is 37.7 Å². The Morgan fingerprint density at radius 2 is 1.89 bits per heavy atom. The molecule has 1 aromatic carbocycles. The lowest BCUT2D eigenvalue weighted by molar-refractivity contribution is -0.132. The highest BCUT2D eigenvalue weighted by Gasteiger charge is 2.37. The van der Waals surface area contributed by atoms with Crippen LogP contribution in [-0.2, 0) is 11.2 Å². The molecule has 3 heteroatoms. The molecule has 0 radical (unpaired) electrons. The smallest absolute Gasteiger partial charge is 0.227 e. The maximum Gasteiger partial charge on any atom is 0.227 e. The number of likely N-dealkylation sites (tertiary alicyclic amines) is 1. The highest BCUT2D eigenvalue weighted by atomic mass is 16.2. The number of hydrogen-bond acceptors (Lipinski definition) is 2. The third kappa shape index (κ3) is 2.60. The Morgan fingerprint density at radius 1 is 1.16 bits per heavy atom. The summed E-state index contributed by atoms with van der Waals surface area (Å²) in [4.78, 5) is 14.6. The number of nitrogens with zero attached hydrogens (tertiary/aromatic N) is 1. The van der Waals surface area contributed by atoms with Crippen molar-refractivity contribution in [2.75, 3.05) is 12.3 Å². The topological polar surface area (TPSA) is 46.3 Å². The minimum atomic E-state index is 0.291. The van der Waals surface area contributed by atoms with Gasteiger partial charge in [0.1, 0.15) is 0 Å². The Bertz CT molecular complexity index is 454. The van der Waals surface area contributed by atoms with Gasteiger partial charge in [0.05, 0.1) is 6.42 Å². The number of rotatable bonds is 2. The number of anilines is 1. The summed E-state index contributed by atoms with van der Waals surface area (Å²) in [5.74, 6) is 1.06. The Hall–Kier alpha value is -1.51. The lowest BCUT2D eigenvalue weighted by Gasteiger charge is -2.31.